The largest absolute Gasteiger partial charge is 0.488 e. The Balaban J connectivity index is 1.74. The summed E-state index contributed by atoms with van der Waals surface area (Å²) in [5.41, 5.74) is 4.24. The van der Waals surface area contributed by atoms with Crippen molar-refractivity contribution >= 4 is 45.3 Å². The molecular formula is C22H15BO3. The van der Waals surface area contributed by atoms with E-state index in [1.165, 1.54) is 10.8 Å². The summed E-state index contributed by atoms with van der Waals surface area (Å²) in [7, 11) is -1.49. The van der Waals surface area contributed by atoms with Crippen LogP contribution in [0.3, 0.4) is 0 Å². The third kappa shape index (κ3) is 2.31. The second kappa shape index (κ2) is 5.73. The molecule has 124 valence electrons. The second-order valence-corrected chi connectivity index (χ2v) is 6.47. The summed E-state index contributed by atoms with van der Waals surface area (Å²) in [6.07, 6.45) is 0. The summed E-state index contributed by atoms with van der Waals surface area (Å²) in [5, 5.41) is 23.1. The van der Waals surface area contributed by atoms with Crippen LogP contribution in [0.4, 0.5) is 0 Å². The summed E-state index contributed by atoms with van der Waals surface area (Å²) >= 11 is 0. The van der Waals surface area contributed by atoms with E-state index in [0.717, 1.165) is 33.1 Å². The summed E-state index contributed by atoms with van der Waals surface area (Å²) in [4.78, 5) is 0. The third-order valence-corrected chi connectivity index (χ3v) is 4.89. The van der Waals surface area contributed by atoms with E-state index in [0.29, 0.717) is 5.46 Å². The zero-order valence-electron chi connectivity index (χ0n) is 13.9. The van der Waals surface area contributed by atoms with Gasteiger partial charge in [0, 0.05) is 10.8 Å². The van der Waals surface area contributed by atoms with E-state index in [1.807, 2.05) is 24.3 Å². The molecule has 0 aliphatic heterocycles. The van der Waals surface area contributed by atoms with Gasteiger partial charge in [0.1, 0.15) is 11.2 Å². The molecule has 0 aliphatic rings. The Morgan fingerprint density at radius 2 is 1.50 bits per heavy atom. The van der Waals surface area contributed by atoms with E-state index in [4.69, 9.17) is 4.42 Å². The van der Waals surface area contributed by atoms with Crippen molar-refractivity contribution in [2.24, 2.45) is 0 Å². The van der Waals surface area contributed by atoms with Gasteiger partial charge < -0.3 is 14.5 Å². The smallest absolute Gasteiger partial charge is 0.456 e. The Bertz CT molecular complexity index is 1270. The van der Waals surface area contributed by atoms with Gasteiger partial charge in [0.2, 0.25) is 0 Å². The minimum atomic E-state index is -1.49. The Morgan fingerprint density at radius 3 is 2.38 bits per heavy atom. The van der Waals surface area contributed by atoms with E-state index in [1.54, 1.807) is 18.2 Å². The van der Waals surface area contributed by atoms with Crippen LogP contribution in [-0.2, 0) is 0 Å². The van der Waals surface area contributed by atoms with Gasteiger partial charge in [-0.2, -0.15) is 0 Å². The fourth-order valence-electron chi connectivity index (χ4n) is 3.60. The Hall–Kier alpha value is -3.08. The Kier molecular flexibility index (Phi) is 3.35. The Morgan fingerprint density at radius 1 is 0.654 bits per heavy atom. The molecule has 1 heterocycles. The van der Waals surface area contributed by atoms with Crippen LogP contribution in [0.1, 0.15) is 0 Å². The number of hydrogen-bond donors (Lipinski definition) is 2. The fourth-order valence-corrected chi connectivity index (χ4v) is 3.60. The summed E-state index contributed by atoms with van der Waals surface area (Å²) in [6.45, 7) is 0. The topological polar surface area (TPSA) is 53.6 Å². The molecule has 0 saturated carbocycles. The monoisotopic (exact) mass is 338 g/mol. The third-order valence-electron chi connectivity index (χ3n) is 4.89. The summed E-state index contributed by atoms with van der Waals surface area (Å²) < 4.78 is 6.00. The van der Waals surface area contributed by atoms with Gasteiger partial charge in [-0.05, 0) is 45.6 Å². The SMILES string of the molecule is OB(O)c1ccc2oc3cc(-c4cccc5ccccc45)ccc3c2c1. The average Bonchev–Trinajstić information content (AvgIpc) is 3.04. The van der Waals surface area contributed by atoms with Gasteiger partial charge in [0.05, 0.1) is 0 Å². The van der Waals surface area contributed by atoms with Crippen molar-refractivity contribution < 1.29 is 14.5 Å². The minimum absolute atomic E-state index is 0.457. The van der Waals surface area contributed by atoms with E-state index in [2.05, 4.69) is 36.4 Å². The molecule has 3 nitrogen and oxygen atoms in total. The number of rotatable bonds is 2. The van der Waals surface area contributed by atoms with Crippen LogP contribution in [-0.4, -0.2) is 17.2 Å². The maximum absolute atomic E-state index is 9.41. The average molecular weight is 338 g/mol. The zero-order chi connectivity index (χ0) is 17.7. The number of furan rings is 1. The molecule has 0 aliphatic carbocycles. The van der Waals surface area contributed by atoms with Gasteiger partial charge in [-0.15, -0.1) is 0 Å². The summed E-state index contributed by atoms with van der Waals surface area (Å²) in [6, 6.07) is 26.0. The lowest BCUT2D eigenvalue weighted by Crippen LogP contribution is -2.29. The molecule has 0 radical (unpaired) electrons. The van der Waals surface area contributed by atoms with Crippen molar-refractivity contribution in [2.45, 2.75) is 0 Å². The first-order chi connectivity index (χ1) is 12.7. The minimum Gasteiger partial charge on any atom is -0.456 e. The fraction of sp³-hybridized carbons (Fsp3) is 0. The molecule has 4 heteroatoms. The number of benzene rings is 4. The molecule has 0 fully saturated rings. The molecule has 5 rings (SSSR count). The maximum atomic E-state index is 9.41. The number of hydrogen-bond acceptors (Lipinski definition) is 3. The highest BCUT2D eigenvalue weighted by Gasteiger charge is 2.15. The molecule has 26 heavy (non-hydrogen) atoms. The second-order valence-electron chi connectivity index (χ2n) is 6.47. The van der Waals surface area contributed by atoms with Gasteiger partial charge in [0.15, 0.2) is 0 Å². The molecule has 0 spiro atoms. The van der Waals surface area contributed by atoms with Crippen molar-refractivity contribution in [1.29, 1.82) is 0 Å². The van der Waals surface area contributed by atoms with Gasteiger partial charge in [0.25, 0.3) is 0 Å². The van der Waals surface area contributed by atoms with E-state index in [9.17, 15) is 10.0 Å². The van der Waals surface area contributed by atoms with Crippen LogP contribution < -0.4 is 5.46 Å². The highest BCUT2D eigenvalue weighted by molar-refractivity contribution is 6.59. The molecule has 0 atom stereocenters. The van der Waals surface area contributed by atoms with Gasteiger partial charge >= 0.3 is 7.12 Å². The first-order valence-electron chi connectivity index (χ1n) is 8.51. The van der Waals surface area contributed by atoms with Crippen LogP contribution in [0, 0.1) is 0 Å². The highest BCUT2D eigenvalue weighted by Crippen LogP contribution is 2.34. The van der Waals surface area contributed by atoms with E-state index < -0.39 is 7.12 Å². The molecule has 0 amide bonds. The van der Waals surface area contributed by atoms with Crippen LogP contribution >= 0.6 is 0 Å². The van der Waals surface area contributed by atoms with Crippen molar-refractivity contribution in [3.05, 3.63) is 78.9 Å². The van der Waals surface area contributed by atoms with Crippen molar-refractivity contribution in [2.75, 3.05) is 0 Å². The van der Waals surface area contributed by atoms with E-state index in [-0.39, 0.29) is 0 Å². The molecule has 0 unspecified atom stereocenters. The first kappa shape index (κ1) is 15.2. The van der Waals surface area contributed by atoms with Gasteiger partial charge in [-0.3, -0.25) is 0 Å². The van der Waals surface area contributed by atoms with Crippen molar-refractivity contribution in [3.8, 4) is 11.1 Å². The molecular weight excluding hydrogens is 323 g/mol. The lowest BCUT2D eigenvalue weighted by atomic mass is 9.80. The van der Waals surface area contributed by atoms with Crippen molar-refractivity contribution in [1.82, 2.24) is 0 Å². The summed E-state index contributed by atoms with van der Waals surface area (Å²) in [5.74, 6) is 0. The quantitative estimate of drug-likeness (QED) is 0.477. The maximum Gasteiger partial charge on any atom is 0.488 e. The first-order valence-corrected chi connectivity index (χ1v) is 8.51. The van der Waals surface area contributed by atoms with Gasteiger partial charge in [-0.25, -0.2) is 0 Å². The predicted octanol–water partition coefficient (Wildman–Crippen LogP) is 4.09. The highest BCUT2D eigenvalue weighted by atomic mass is 16.4. The lowest BCUT2D eigenvalue weighted by Gasteiger charge is -2.06. The normalized spacial score (nSPS) is 11.5. The van der Waals surface area contributed by atoms with Crippen LogP contribution in [0.25, 0.3) is 43.8 Å². The van der Waals surface area contributed by atoms with Crippen LogP contribution in [0.2, 0.25) is 0 Å². The predicted molar refractivity (Wildman–Crippen MR) is 106 cm³/mol. The molecule has 0 saturated heterocycles. The molecule has 0 bridgehead atoms. The lowest BCUT2D eigenvalue weighted by molar-refractivity contribution is 0.426. The van der Waals surface area contributed by atoms with Crippen LogP contribution in [0.5, 0.6) is 0 Å². The van der Waals surface area contributed by atoms with Crippen LogP contribution in [0.15, 0.2) is 83.3 Å². The van der Waals surface area contributed by atoms with Crippen molar-refractivity contribution in [3.63, 3.8) is 0 Å². The Labute approximate surface area is 150 Å². The molecule has 5 aromatic rings. The molecule has 1 aromatic heterocycles. The molecule has 2 N–H and O–H groups in total. The number of fused-ring (bicyclic) bond motifs is 4. The van der Waals surface area contributed by atoms with E-state index >= 15 is 0 Å². The standard InChI is InChI=1S/C22H15BO3/c24-23(25)16-9-11-21-20(13-16)19-10-8-15(12-22(19)26-21)18-7-3-5-14-4-1-2-6-17(14)18/h1-13,24-25H. The zero-order valence-corrected chi connectivity index (χ0v) is 13.9. The molecule has 4 aromatic carbocycles. The van der Waals surface area contributed by atoms with Gasteiger partial charge in [-0.1, -0.05) is 60.7 Å².